The molecule has 1 heteroatoms. The Morgan fingerprint density at radius 3 is 1.00 bits per heavy atom. The third kappa shape index (κ3) is 28.5. The lowest BCUT2D eigenvalue weighted by atomic mass is 10.0. The first kappa shape index (κ1) is 41.0. The summed E-state index contributed by atoms with van der Waals surface area (Å²) in [5.41, 5.74) is 1.42. The number of aryl methyl sites for hydroxylation is 1. The molecule has 1 rings (SSSR count). The normalized spacial score (nSPS) is 11.4. The molecule has 0 N–H and O–H groups in total. The zero-order valence-electron chi connectivity index (χ0n) is 30.5. The second-order valence-electron chi connectivity index (χ2n) is 14.2. The van der Waals surface area contributed by atoms with Gasteiger partial charge in [0.15, 0.2) is 0 Å². The molecule has 0 unspecified atom stereocenters. The molecule has 0 aliphatic heterocycles. The van der Waals surface area contributed by atoms with Crippen molar-refractivity contribution < 1.29 is 4.74 Å². The third-order valence-corrected chi connectivity index (χ3v) is 9.78. The maximum Gasteiger partial charge on any atom is 0.122 e. The molecule has 1 nitrogen and oxygen atoms in total. The summed E-state index contributed by atoms with van der Waals surface area (Å²) < 4.78 is 6.24. The average Bonchev–Trinajstić information content (AvgIpc) is 3.04. The van der Waals surface area contributed by atoms with Crippen molar-refractivity contribution in [3.63, 3.8) is 0 Å². The van der Waals surface area contributed by atoms with Gasteiger partial charge in [-0.3, -0.25) is 0 Å². The number of unbranched alkanes of at least 4 members (excludes halogenated alkanes) is 31. The first-order valence-corrected chi connectivity index (χ1v) is 20.6. The molecule has 44 heavy (non-hydrogen) atoms. The van der Waals surface area contributed by atoms with Crippen LogP contribution in [0.3, 0.4) is 0 Å². The summed E-state index contributed by atoms with van der Waals surface area (Å²) in [6.07, 6.45) is 48.2. The topological polar surface area (TPSA) is 9.23 Å². The van der Waals surface area contributed by atoms with E-state index in [2.05, 4.69) is 38.1 Å². The van der Waals surface area contributed by atoms with E-state index in [0.29, 0.717) is 0 Å². The Morgan fingerprint density at radius 1 is 0.341 bits per heavy atom. The molecule has 0 fully saturated rings. The average molecular weight is 613 g/mol. The zero-order chi connectivity index (χ0) is 31.4. The lowest BCUT2D eigenvalue weighted by Crippen LogP contribution is -2.00. The summed E-state index contributed by atoms with van der Waals surface area (Å²) in [6.45, 7) is 5.49. The number of ether oxygens (including phenoxy) is 1. The highest BCUT2D eigenvalue weighted by molar-refractivity contribution is 5.33. The van der Waals surface area contributed by atoms with E-state index in [1.54, 1.807) is 0 Å². The minimum atomic E-state index is 0.883. The van der Waals surface area contributed by atoms with Crippen LogP contribution >= 0.6 is 0 Å². The van der Waals surface area contributed by atoms with E-state index in [9.17, 15) is 0 Å². The summed E-state index contributed by atoms with van der Waals surface area (Å²) in [5, 5.41) is 0. The van der Waals surface area contributed by atoms with Gasteiger partial charge in [-0.05, 0) is 30.9 Å². The van der Waals surface area contributed by atoms with Crippen LogP contribution in [-0.2, 0) is 6.42 Å². The Hall–Kier alpha value is -0.980. The molecular weight excluding hydrogens is 532 g/mol. The van der Waals surface area contributed by atoms with Gasteiger partial charge in [0.2, 0.25) is 0 Å². The quantitative estimate of drug-likeness (QED) is 0.0685. The van der Waals surface area contributed by atoms with Crippen LogP contribution in [0.15, 0.2) is 24.3 Å². The first-order chi connectivity index (χ1) is 21.9. The second-order valence-corrected chi connectivity index (χ2v) is 14.2. The molecule has 0 aliphatic carbocycles. The van der Waals surface area contributed by atoms with Crippen molar-refractivity contribution in [2.24, 2.45) is 0 Å². The molecule has 0 saturated heterocycles. The largest absolute Gasteiger partial charge is 0.493 e. The maximum absolute atomic E-state index is 6.24. The lowest BCUT2D eigenvalue weighted by molar-refractivity contribution is 0.301. The van der Waals surface area contributed by atoms with Crippen LogP contribution in [0.25, 0.3) is 0 Å². The van der Waals surface area contributed by atoms with Crippen LogP contribution in [0, 0.1) is 0 Å². The van der Waals surface area contributed by atoms with Gasteiger partial charge in [-0.25, -0.2) is 0 Å². The van der Waals surface area contributed by atoms with Crippen LogP contribution in [0.2, 0.25) is 0 Å². The van der Waals surface area contributed by atoms with E-state index >= 15 is 0 Å². The van der Waals surface area contributed by atoms with Crippen LogP contribution < -0.4 is 4.74 Å². The molecular formula is C43H80O. The Labute approximate surface area is 278 Å². The summed E-state index contributed by atoms with van der Waals surface area (Å²) in [4.78, 5) is 0. The first-order valence-electron chi connectivity index (χ1n) is 20.6. The van der Waals surface area contributed by atoms with E-state index < -0.39 is 0 Å². The predicted molar refractivity (Wildman–Crippen MR) is 199 cm³/mol. The Balaban J connectivity index is 1.87. The monoisotopic (exact) mass is 613 g/mol. The molecule has 0 spiro atoms. The van der Waals surface area contributed by atoms with Crippen molar-refractivity contribution in [3.8, 4) is 5.75 Å². The highest BCUT2D eigenvalue weighted by Gasteiger charge is 2.03. The standard InChI is InChI=1S/C43H80O/c1-3-5-7-9-11-13-15-17-19-21-22-24-26-28-30-32-34-38-42-39-35-36-40-43(42)44-41-37-33-31-29-27-25-23-20-18-16-14-12-10-8-6-4-2/h35-36,39-40H,3-34,37-38,41H2,1-2H3. The van der Waals surface area contributed by atoms with E-state index in [0.717, 1.165) is 12.4 Å². The fourth-order valence-corrected chi connectivity index (χ4v) is 6.72. The number of benzene rings is 1. The number of rotatable bonds is 36. The van der Waals surface area contributed by atoms with Gasteiger partial charge in [-0.15, -0.1) is 0 Å². The Kier molecular flexibility index (Phi) is 32.5. The van der Waals surface area contributed by atoms with Gasteiger partial charge < -0.3 is 4.74 Å². The van der Waals surface area contributed by atoms with Crippen molar-refractivity contribution in [2.75, 3.05) is 6.61 Å². The number of para-hydroxylation sites is 1. The van der Waals surface area contributed by atoms with E-state index in [1.807, 2.05) is 0 Å². The van der Waals surface area contributed by atoms with E-state index in [4.69, 9.17) is 4.74 Å². The van der Waals surface area contributed by atoms with Crippen LogP contribution in [-0.4, -0.2) is 6.61 Å². The minimum absolute atomic E-state index is 0.883. The van der Waals surface area contributed by atoms with Crippen molar-refractivity contribution in [3.05, 3.63) is 29.8 Å². The van der Waals surface area contributed by atoms with Crippen molar-refractivity contribution in [2.45, 2.75) is 232 Å². The molecule has 258 valence electrons. The van der Waals surface area contributed by atoms with Gasteiger partial charge in [0.25, 0.3) is 0 Å². The molecule has 0 atom stereocenters. The van der Waals surface area contributed by atoms with Gasteiger partial charge in [0.1, 0.15) is 5.75 Å². The summed E-state index contributed by atoms with van der Waals surface area (Å²) in [6, 6.07) is 8.80. The molecule has 0 bridgehead atoms. The van der Waals surface area contributed by atoms with Crippen molar-refractivity contribution in [1.82, 2.24) is 0 Å². The molecule has 0 amide bonds. The van der Waals surface area contributed by atoms with Gasteiger partial charge in [-0.2, -0.15) is 0 Å². The molecule has 0 aliphatic rings. The number of hydrogen-bond donors (Lipinski definition) is 0. The fourth-order valence-electron chi connectivity index (χ4n) is 6.72. The van der Waals surface area contributed by atoms with Crippen molar-refractivity contribution in [1.29, 1.82) is 0 Å². The Bertz CT molecular complexity index is 610. The summed E-state index contributed by atoms with van der Waals surface area (Å²) in [7, 11) is 0. The van der Waals surface area contributed by atoms with E-state index in [-0.39, 0.29) is 0 Å². The molecule has 1 aromatic rings. The second kappa shape index (κ2) is 34.9. The Morgan fingerprint density at radius 2 is 0.636 bits per heavy atom. The van der Waals surface area contributed by atoms with Gasteiger partial charge in [0.05, 0.1) is 6.61 Å². The summed E-state index contributed by atoms with van der Waals surface area (Å²) >= 11 is 0. The van der Waals surface area contributed by atoms with Crippen LogP contribution in [0.1, 0.15) is 231 Å². The smallest absolute Gasteiger partial charge is 0.122 e. The highest BCUT2D eigenvalue weighted by atomic mass is 16.5. The van der Waals surface area contributed by atoms with Gasteiger partial charge in [-0.1, -0.05) is 231 Å². The van der Waals surface area contributed by atoms with E-state index in [1.165, 1.54) is 224 Å². The maximum atomic E-state index is 6.24. The zero-order valence-corrected chi connectivity index (χ0v) is 30.5. The number of hydrogen-bond acceptors (Lipinski definition) is 1. The van der Waals surface area contributed by atoms with Crippen molar-refractivity contribution >= 4 is 0 Å². The fraction of sp³-hybridized carbons (Fsp3) is 0.860. The molecule has 0 heterocycles. The minimum Gasteiger partial charge on any atom is -0.493 e. The highest BCUT2D eigenvalue weighted by Crippen LogP contribution is 2.22. The van der Waals surface area contributed by atoms with Crippen LogP contribution in [0.4, 0.5) is 0 Å². The predicted octanol–water partition coefficient (Wildman–Crippen LogP) is 15.5. The molecule has 0 aromatic heterocycles. The summed E-state index contributed by atoms with van der Waals surface area (Å²) in [5.74, 6) is 1.14. The molecule has 1 aromatic carbocycles. The molecule has 0 radical (unpaired) electrons. The SMILES string of the molecule is CCCCCCCCCCCCCCCCCCCc1ccccc1OCCCCCCCCCCCCCCCCCC. The lowest BCUT2D eigenvalue weighted by Gasteiger charge is -2.11. The van der Waals surface area contributed by atoms with Gasteiger partial charge in [0, 0.05) is 0 Å². The van der Waals surface area contributed by atoms with Crippen LogP contribution in [0.5, 0.6) is 5.75 Å². The third-order valence-electron chi connectivity index (χ3n) is 9.78. The van der Waals surface area contributed by atoms with Gasteiger partial charge >= 0.3 is 0 Å². The molecule has 0 saturated carbocycles.